The number of carbonyl (C=O) groups excluding carboxylic acids is 4. The van der Waals surface area contributed by atoms with Crippen LogP contribution < -0.4 is 25.4 Å². The molecule has 2 aromatic rings. The molecule has 3 aliphatic heterocycles. The van der Waals surface area contributed by atoms with Crippen LogP contribution >= 0.6 is 0 Å². The predicted molar refractivity (Wildman–Crippen MR) is 169 cm³/mol. The Kier molecular flexibility index (Phi) is 12.0. The highest BCUT2D eigenvalue weighted by molar-refractivity contribution is 5.84. The van der Waals surface area contributed by atoms with E-state index in [4.69, 9.17) is 28.4 Å². The molecule has 260 valence electrons. The van der Waals surface area contributed by atoms with E-state index in [1.807, 2.05) is 36.4 Å². The number of amides is 3. The molecule has 3 heterocycles. The first-order valence-electron chi connectivity index (χ1n) is 16.2. The molecule has 48 heavy (non-hydrogen) atoms. The standard InChI is InChI=1S/C34H43N3O11/c1-22(31(39)42-2)37-30(38)13-11-25-16-27(46-33(41)36-19-24-10-12-28-29(15-24)45-21-44-28)17-34(47-25)14-6-9-26(48-34)20-43-32(40)35-18-23-7-4-3-5-8-23/h3-5,7-8,10,12,15,22,25-27H,6,9,11,13-14,16-21H2,1-2H3,(H,35,40)(H,36,41)(H,37,38)/t22-,25?,26?,27?,34?/m0/s1. The molecule has 5 atom stereocenters. The van der Waals surface area contributed by atoms with E-state index in [0.29, 0.717) is 43.7 Å². The van der Waals surface area contributed by atoms with Crippen LogP contribution in [0.4, 0.5) is 9.59 Å². The van der Waals surface area contributed by atoms with Gasteiger partial charge in [0.2, 0.25) is 12.7 Å². The van der Waals surface area contributed by atoms with Crippen molar-refractivity contribution >= 4 is 24.1 Å². The minimum Gasteiger partial charge on any atom is -0.467 e. The van der Waals surface area contributed by atoms with Crippen molar-refractivity contribution in [2.24, 2.45) is 0 Å². The van der Waals surface area contributed by atoms with Crippen molar-refractivity contribution in [2.45, 2.75) is 95.1 Å². The SMILES string of the molecule is COC(=O)[C@H](C)NC(=O)CCC1CC(OC(=O)NCc2ccc3c(c2)OCO3)CC2(CCCC(COC(=O)NCc3ccccc3)O2)O1. The second kappa shape index (κ2) is 16.5. The quantitative estimate of drug-likeness (QED) is 0.222. The Morgan fingerprint density at radius 2 is 1.69 bits per heavy atom. The summed E-state index contributed by atoms with van der Waals surface area (Å²) in [5.74, 6) is -0.726. The highest BCUT2D eigenvalue weighted by atomic mass is 16.7. The zero-order chi connectivity index (χ0) is 33.9. The number of alkyl carbamates (subject to hydrolysis) is 2. The number of benzene rings is 2. The molecule has 2 aromatic carbocycles. The third kappa shape index (κ3) is 9.97. The first-order chi connectivity index (χ1) is 23.2. The van der Waals surface area contributed by atoms with Crippen LogP contribution in [0.25, 0.3) is 0 Å². The Morgan fingerprint density at radius 1 is 0.938 bits per heavy atom. The van der Waals surface area contributed by atoms with Gasteiger partial charge >= 0.3 is 18.2 Å². The molecule has 2 fully saturated rings. The summed E-state index contributed by atoms with van der Waals surface area (Å²) in [5.41, 5.74) is 1.76. The molecule has 5 rings (SSSR count). The third-order valence-electron chi connectivity index (χ3n) is 8.36. The van der Waals surface area contributed by atoms with Gasteiger partial charge in [0.1, 0.15) is 18.8 Å². The maximum atomic E-state index is 12.9. The molecular formula is C34H43N3O11. The zero-order valence-corrected chi connectivity index (χ0v) is 27.2. The molecule has 1 spiro atoms. The molecule has 4 unspecified atom stereocenters. The number of methoxy groups -OCH3 is 1. The summed E-state index contributed by atoms with van der Waals surface area (Å²) in [6, 6.07) is 14.1. The molecule has 2 saturated heterocycles. The Morgan fingerprint density at radius 3 is 2.50 bits per heavy atom. The van der Waals surface area contributed by atoms with Gasteiger partial charge in [0, 0.05) is 38.8 Å². The Hall–Kier alpha value is -4.56. The van der Waals surface area contributed by atoms with Gasteiger partial charge in [-0.25, -0.2) is 14.4 Å². The molecular weight excluding hydrogens is 626 g/mol. The Bertz CT molecular complexity index is 1420. The summed E-state index contributed by atoms with van der Waals surface area (Å²) in [7, 11) is 1.26. The maximum Gasteiger partial charge on any atom is 0.407 e. The molecule has 3 aliphatic rings. The molecule has 0 aliphatic carbocycles. The number of hydrogen-bond acceptors (Lipinski definition) is 11. The molecule has 14 nitrogen and oxygen atoms in total. The van der Waals surface area contributed by atoms with E-state index in [9.17, 15) is 19.2 Å². The highest BCUT2D eigenvalue weighted by Crippen LogP contribution is 2.41. The fraction of sp³-hybridized carbons (Fsp3) is 0.529. The second-order valence-corrected chi connectivity index (χ2v) is 12.1. The van der Waals surface area contributed by atoms with Crippen LogP contribution in [0, 0.1) is 0 Å². The fourth-order valence-corrected chi connectivity index (χ4v) is 6.01. The highest BCUT2D eigenvalue weighted by Gasteiger charge is 2.47. The van der Waals surface area contributed by atoms with Crippen molar-refractivity contribution in [3.05, 3.63) is 59.7 Å². The maximum absolute atomic E-state index is 12.9. The van der Waals surface area contributed by atoms with Crippen molar-refractivity contribution < 1.29 is 52.3 Å². The number of hydrogen-bond donors (Lipinski definition) is 3. The number of nitrogens with one attached hydrogen (secondary N) is 3. The Labute approximate surface area is 279 Å². The largest absolute Gasteiger partial charge is 0.467 e. The first-order valence-corrected chi connectivity index (χ1v) is 16.2. The average molecular weight is 670 g/mol. The van der Waals surface area contributed by atoms with Crippen LogP contribution in [-0.2, 0) is 46.4 Å². The van der Waals surface area contributed by atoms with Crippen LogP contribution in [0.2, 0.25) is 0 Å². The molecule has 14 heteroatoms. The van der Waals surface area contributed by atoms with Crippen molar-refractivity contribution in [3.8, 4) is 11.5 Å². The van der Waals surface area contributed by atoms with E-state index in [1.54, 1.807) is 19.1 Å². The second-order valence-electron chi connectivity index (χ2n) is 12.1. The average Bonchev–Trinajstić information content (AvgIpc) is 3.56. The normalized spacial score (nSPS) is 23.4. The van der Waals surface area contributed by atoms with Gasteiger partial charge in [-0.3, -0.25) is 4.79 Å². The van der Waals surface area contributed by atoms with E-state index < -0.39 is 48.3 Å². The minimum atomic E-state index is -1.10. The first kappa shape index (κ1) is 34.8. The predicted octanol–water partition coefficient (Wildman–Crippen LogP) is 3.84. The summed E-state index contributed by atoms with van der Waals surface area (Å²) in [6.07, 6.45) is 0.213. The zero-order valence-electron chi connectivity index (χ0n) is 27.2. The van der Waals surface area contributed by atoms with Crippen molar-refractivity contribution in [2.75, 3.05) is 20.5 Å². The van der Waals surface area contributed by atoms with Gasteiger partial charge in [0.15, 0.2) is 17.3 Å². The van der Waals surface area contributed by atoms with Crippen LogP contribution in [0.1, 0.15) is 63.0 Å². The lowest BCUT2D eigenvalue weighted by atomic mass is 9.90. The fourth-order valence-electron chi connectivity index (χ4n) is 6.01. The summed E-state index contributed by atoms with van der Waals surface area (Å²) >= 11 is 0. The topological polar surface area (TPSA) is 169 Å². The van der Waals surface area contributed by atoms with E-state index in [1.165, 1.54) is 7.11 Å². The molecule has 3 N–H and O–H groups in total. The summed E-state index contributed by atoms with van der Waals surface area (Å²) in [4.78, 5) is 49.7. The van der Waals surface area contributed by atoms with Gasteiger partial charge < -0.3 is 49.1 Å². The molecule has 3 amide bonds. The summed E-state index contributed by atoms with van der Waals surface area (Å²) in [6.45, 7) is 2.27. The summed E-state index contributed by atoms with van der Waals surface area (Å²) in [5, 5.41) is 8.15. The monoisotopic (exact) mass is 669 g/mol. The lowest BCUT2D eigenvalue weighted by Gasteiger charge is -2.47. The molecule has 0 saturated carbocycles. The lowest BCUT2D eigenvalue weighted by molar-refractivity contribution is -0.329. The van der Waals surface area contributed by atoms with E-state index >= 15 is 0 Å². The van der Waals surface area contributed by atoms with Crippen molar-refractivity contribution in [1.29, 1.82) is 0 Å². The van der Waals surface area contributed by atoms with E-state index in [-0.39, 0.29) is 38.7 Å². The lowest BCUT2D eigenvalue weighted by Crippen LogP contribution is -2.53. The summed E-state index contributed by atoms with van der Waals surface area (Å²) < 4.78 is 39.7. The van der Waals surface area contributed by atoms with E-state index in [0.717, 1.165) is 17.5 Å². The van der Waals surface area contributed by atoms with Gasteiger partial charge in [-0.15, -0.1) is 0 Å². The van der Waals surface area contributed by atoms with Gasteiger partial charge in [0.25, 0.3) is 0 Å². The smallest absolute Gasteiger partial charge is 0.407 e. The van der Waals surface area contributed by atoms with Crippen LogP contribution in [-0.4, -0.2) is 74.7 Å². The number of fused-ring (bicyclic) bond motifs is 1. The minimum absolute atomic E-state index is 0.0196. The number of rotatable bonds is 12. The van der Waals surface area contributed by atoms with Gasteiger partial charge in [-0.05, 0) is 49.4 Å². The number of carbonyl (C=O) groups is 4. The van der Waals surface area contributed by atoms with Gasteiger partial charge in [-0.1, -0.05) is 36.4 Å². The third-order valence-corrected chi connectivity index (χ3v) is 8.36. The van der Waals surface area contributed by atoms with Crippen LogP contribution in [0.5, 0.6) is 11.5 Å². The molecule has 0 bridgehead atoms. The van der Waals surface area contributed by atoms with Crippen LogP contribution in [0.3, 0.4) is 0 Å². The number of esters is 1. The van der Waals surface area contributed by atoms with Crippen molar-refractivity contribution in [3.63, 3.8) is 0 Å². The van der Waals surface area contributed by atoms with E-state index in [2.05, 4.69) is 20.7 Å². The Balaban J connectivity index is 1.17. The van der Waals surface area contributed by atoms with Gasteiger partial charge in [0.05, 0.1) is 19.3 Å². The van der Waals surface area contributed by atoms with Gasteiger partial charge in [-0.2, -0.15) is 0 Å². The van der Waals surface area contributed by atoms with Crippen molar-refractivity contribution in [1.82, 2.24) is 16.0 Å². The molecule has 0 aromatic heterocycles. The van der Waals surface area contributed by atoms with Crippen LogP contribution in [0.15, 0.2) is 48.5 Å². The molecule has 0 radical (unpaired) electrons. The number of ether oxygens (including phenoxy) is 7.